The zero-order valence-corrected chi connectivity index (χ0v) is 12.4. The number of hydrogen-bond donors (Lipinski definition) is 3. The molecular formula is C14H16N4O2S. The molecule has 110 valence electrons. The van der Waals surface area contributed by atoms with Crippen LogP contribution in [-0.4, -0.2) is 28.2 Å². The van der Waals surface area contributed by atoms with Crippen molar-refractivity contribution < 1.29 is 9.53 Å². The number of nitrogens with zero attached hydrogens (tertiary/aromatic N) is 1. The van der Waals surface area contributed by atoms with E-state index < -0.39 is 0 Å². The van der Waals surface area contributed by atoms with Crippen molar-refractivity contribution in [1.29, 1.82) is 0 Å². The third-order valence-corrected chi connectivity index (χ3v) is 3.19. The molecule has 21 heavy (non-hydrogen) atoms. The van der Waals surface area contributed by atoms with Crippen LogP contribution < -0.4 is 15.8 Å². The van der Waals surface area contributed by atoms with Crippen molar-refractivity contribution in [2.45, 2.75) is 12.8 Å². The lowest BCUT2D eigenvalue weighted by atomic mass is 10.1. The van der Waals surface area contributed by atoms with Gasteiger partial charge in [0.05, 0.1) is 18.9 Å². The summed E-state index contributed by atoms with van der Waals surface area (Å²) in [5.41, 5.74) is 7.13. The number of aryl methyl sites for hydroxylation is 1. The van der Waals surface area contributed by atoms with Crippen molar-refractivity contribution in [3.05, 3.63) is 41.6 Å². The lowest BCUT2D eigenvalue weighted by Crippen LogP contribution is -2.17. The molecule has 7 heteroatoms. The largest absolute Gasteiger partial charge is 0.497 e. The number of hydrogen-bond acceptors (Lipinski definition) is 4. The highest BCUT2D eigenvalue weighted by Crippen LogP contribution is 2.14. The number of nitrogens with one attached hydrogen (secondary N) is 2. The van der Waals surface area contributed by atoms with Gasteiger partial charge >= 0.3 is 0 Å². The Morgan fingerprint density at radius 2 is 2.14 bits per heavy atom. The summed E-state index contributed by atoms with van der Waals surface area (Å²) in [5, 5.41) is 9.19. The zero-order valence-electron chi connectivity index (χ0n) is 11.6. The van der Waals surface area contributed by atoms with Gasteiger partial charge in [-0.25, -0.2) is 0 Å². The fourth-order valence-corrected chi connectivity index (χ4v) is 1.98. The van der Waals surface area contributed by atoms with Gasteiger partial charge in [-0.1, -0.05) is 24.4 Å². The third kappa shape index (κ3) is 4.03. The van der Waals surface area contributed by atoms with Gasteiger partial charge in [0.25, 0.3) is 0 Å². The van der Waals surface area contributed by atoms with Gasteiger partial charge in [-0.15, -0.1) is 0 Å². The van der Waals surface area contributed by atoms with Crippen LogP contribution in [0.25, 0.3) is 0 Å². The van der Waals surface area contributed by atoms with Gasteiger partial charge in [0.1, 0.15) is 16.6 Å². The summed E-state index contributed by atoms with van der Waals surface area (Å²) in [6.07, 6.45) is 2.47. The van der Waals surface area contributed by atoms with E-state index in [2.05, 4.69) is 15.5 Å². The van der Waals surface area contributed by atoms with Gasteiger partial charge in [0.15, 0.2) is 0 Å². The number of ether oxygens (including phenoxy) is 1. The standard InChI is InChI=1S/C14H16N4O2S/c1-20-10-5-2-9(3-6-10)4-7-12(19)17-14-11(13(15)21)8-16-18-14/h2-3,5-6,8H,4,7H2,1H3,(H2,15,21)(H2,16,17,18,19). The van der Waals surface area contributed by atoms with Gasteiger partial charge in [0, 0.05) is 6.42 Å². The molecule has 2 aromatic rings. The van der Waals surface area contributed by atoms with Gasteiger partial charge in [-0.05, 0) is 24.1 Å². The molecule has 4 N–H and O–H groups in total. The first kappa shape index (κ1) is 15.0. The summed E-state index contributed by atoms with van der Waals surface area (Å²) in [4.78, 5) is 12.1. The summed E-state index contributed by atoms with van der Waals surface area (Å²) in [5.74, 6) is 1.09. The Balaban J connectivity index is 1.89. The van der Waals surface area contributed by atoms with Crippen molar-refractivity contribution in [2.24, 2.45) is 5.73 Å². The molecule has 0 bridgehead atoms. The molecule has 0 saturated heterocycles. The minimum absolute atomic E-state index is 0.132. The van der Waals surface area contributed by atoms with Crippen LogP contribution in [-0.2, 0) is 11.2 Å². The molecule has 6 nitrogen and oxygen atoms in total. The number of H-pyrrole nitrogens is 1. The first-order valence-corrected chi connectivity index (χ1v) is 6.77. The first-order chi connectivity index (χ1) is 10.1. The smallest absolute Gasteiger partial charge is 0.225 e. The van der Waals surface area contributed by atoms with E-state index in [1.807, 2.05) is 24.3 Å². The molecule has 0 radical (unpaired) electrons. The second-order valence-corrected chi connectivity index (χ2v) is 4.86. The molecule has 0 aliphatic carbocycles. The van der Waals surface area contributed by atoms with E-state index in [-0.39, 0.29) is 10.9 Å². The quantitative estimate of drug-likeness (QED) is 0.705. The number of aromatic nitrogens is 2. The third-order valence-electron chi connectivity index (χ3n) is 2.97. The normalized spacial score (nSPS) is 10.1. The first-order valence-electron chi connectivity index (χ1n) is 6.36. The van der Waals surface area contributed by atoms with Crippen LogP contribution in [0.3, 0.4) is 0 Å². The van der Waals surface area contributed by atoms with Crippen LogP contribution in [0.15, 0.2) is 30.5 Å². The zero-order chi connectivity index (χ0) is 15.2. The van der Waals surface area contributed by atoms with Gasteiger partial charge in [0.2, 0.25) is 5.91 Å². The molecular weight excluding hydrogens is 288 g/mol. The monoisotopic (exact) mass is 304 g/mol. The van der Waals surface area contributed by atoms with Crippen LogP contribution in [0.5, 0.6) is 5.75 Å². The van der Waals surface area contributed by atoms with Crippen molar-refractivity contribution in [1.82, 2.24) is 10.2 Å². The summed E-state index contributed by atoms with van der Waals surface area (Å²) in [6, 6.07) is 7.60. The van der Waals surface area contributed by atoms with Crippen molar-refractivity contribution in [3.63, 3.8) is 0 Å². The predicted molar refractivity (Wildman–Crippen MR) is 84.4 cm³/mol. The van der Waals surface area contributed by atoms with Crippen LogP contribution in [0.1, 0.15) is 17.5 Å². The Kier molecular flexibility index (Phi) is 4.89. The fraction of sp³-hybridized carbons (Fsp3) is 0.214. The highest BCUT2D eigenvalue weighted by Gasteiger charge is 2.11. The number of thiocarbonyl (C=S) groups is 1. The lowest BCUT2D eigenvalue weighted by Gasteiger charge is -2.06. The van der Waals surface area contributed by atoms with E-state index in [4.69, 9.17) is 22.7 Å². The molecule has 1 heterocycles. The number of rotatable bonds is 6. The Morgan fingerprint density at radius 1 is 1.43 bits per heavy atom. The van der Waals surface area contributed by atoms with E-state index in [1.54, 1.807) is 7.11 Å². The van der Waals surface area contributed by atoms with Crippen LogP contribution in [0, 0.1) is 0 Å². The van der Waals surface area contributed by atoms with Crippen molar-refractivity contribution in [2.75, 3.05) is 12.4 Å². The second kappa shape index (κ2) is 6.85. The second-order valence-electron chi connectivity index (χ2n) is 4.42. The topological polar surface area (TPSA) is 93.0 Å². The Hall–Kier alpha value is -2.41. The number of carbonyl (C=O) groups excluding carboxylic acids is 1. The highest BCUT2D eigenvalue weighted by atomic mass is 32.1. The molecule has 0 aliphatic rings. The predicted octanol–water partition coefficient (Wildman–Crippen LogP) is 1.62. The van der Waals surface area contributed by atoms with E-state index in [0.29, 0.717) is 24.2 Å². The van der Waals surface area contributed by atoms with Crippen molar-refractivity contribution >= 4 is 28.9 Å². The molecule has 1 aromatic carbocycles. The molecule has 0 aliphatic heterocycles. The number of aromatic amines is 1. The average molecular weight is 304 g/mol. The summed E-state index contributed by atoms with van der Waals surface area (Å²) in [7, 11) is 1.62. The summed E-state index contributed by atoms with van der Waals surface area (Å²) >= 11 is 4.88. The van der Waals surface area contributed by atoms with Crippen molar-refractivity contribution in [3.8, 4) is 5.75 Å². The minimum atomic E-state index is -0.132. The van der Waals surface area contributed by atoms with Gasteiger partial charge in [-0.2, -0.15) is 5.10 Å². The fourth-order valence-electron chi connectivity index (χ4n) is 1.82. The Labute approximate surface area is 127 Å². The van der Waals surface area contributed by atoms with E-state index >= 15 is 0 Å². The molecule has 0 atom stereocenters. The molecule has 0 spiro atoms. The number of nitrogens with two attached hydrogens (primary N) is 1. The number of methoxy groups -OCH3 is 1. The van der Waals surface area contributed by atoms with Crippen LogP contribution in [0.4, 0.5) is 5.82 Å². The van der Waals surface area contributed by atoms with E-state index in [1.165, 1.54) is 6.20 Å². The number of carbonyl (C=O) groups is 1. The van der Waals surface area contributed by atoms with Crippen LogP contribution >= 0.6 is 12.2 Å². The molecule has 0 fully saturated rings. The summed E-state index contributed by atoms with van der Waals surface area (Å²) in [6.45, 7) is 0. The SMILES string of the molecule is COc1ccc(CCC(=O)Nc2[nH]ncc2C(N)=S)cc1. The highest BCUT2D eigenvalue weighted by molar-refractivity contribution is 7.80. The molecule has 1 amide bonds. The maximum absolute atomic E-state index is 11.9. The minimum Gasteiger partial charge on any atom is -0.497 e. The number of benzene rings is 1. The maximum atomic E-state index is 11.9. The molecule has 1 aromatic heterocycles. The Morgan fingerprint density at radius 3 is 2.76 bits per heavy atom. The van der Waals surface area contributed by atoms with Crippen LogP contribution in [0.2, 0.25) is 0 Å². The Bertz CT molecular complexity index is 637. The van der Waals surface area contributed by atoms with E-state index in [0.717, 1.165) is 11.3 Å². The lowest BCUT2D eigenvalue weighted by molar-refractivity contribution is -0.116. The van der Waals surface area contributed by atoms with E-state index in [9.17, 15) is 4.79 Å². The molecule has 2 rings (SSSR count). The number of amides is 1. The maximum Gasteiger partial charge on any atom is 0.225 e. The molecule has 0 unspecified atom stereocenters. The average Bonchev–Trinajstić information content (AvgIpc) is 2.94. The van der Waals surface area contributed by atoms with Gasteiger partial charge < -0.3 is 15.8 Å². The number of anilines is 1. The summed E-state index contributed by atoms with van der Waals surface area (Å²) < 4.78 is 5.09. The molecule has 0 saturated carbocycles. The van der Waals surface area contributed by atoms with Gasteiger partial charge in [-0.3, -0.25) is 9.89 Å².